The number of nitrogens with one attached hydrogen (secondary N) is 1. The Morgan fingerprint density at radius 2 is 2.09 bits per heavy atom. The van der Waals surface area contributed by atoms with E-state index in [1.165, 1.54) is 5.39 Å². The third-order valence-corrected chi connectivity index (χ3v) is 4.62. The average Bonchev–Trinajstić information content (AvgIpc) is 2.96. The van der Waals surface area contributed by atoms with Crippen LogP contribution in [0.25, 0.3) is 10.9 Å². The van der Waals surface area contributed by atoms with Crippen molar-refractivity contribution in [3.8, 4) is 0 Å². The topological polar surface area (TPSA) is 43.3 Å². The Kier molecular flexibility index (Phi) is 4.78. The third-order valence-electron chi connectivity index (χ3n) is 4.62. The molecule has 1 amide bonds. The summed E-state index contributed by atoms with van der Waals surface area (Å²) in [6.45, 7) is 4.16. The number of benzene rings is 1. The summed E-state index contributed by atoms with van der Waals surface area (Å²) >= 11 is 0. The van der Waals surface area contributed by atoms with Gasteiger partial charge in [-0.25, -0.2) is 0 Å². The number of fused-ring (bicyclic) bond motifs is 1. The van der Waals surface area contributed by atoms with E-state index in [2.05, 4.69) is 30.4 Å². The van der Waals surface area contributed by atoms with Gasteiger partial charge in [0.15, 0.2) is 0 Å². The first-order valence-corrected chi connectivity index (χ1v) is 8.19. The quantitative estimate of drug-likeness (QED) is 0.922. The summed E-state index contributed by atoms with van der Waals surface area (Å²) in [7, 11) is 0. The summed E-state index contributed by atoms with van der Waals surface area (Å²) < 4.78 is 7.43. The Labute approximate surface area is 131 Å². The predicted octanol–water partition coefficient (Wildman–Crippen LogP) is 2.96. The van der Waals surface area contributed by atoms with Crippen LogP contribution in [0, 0.1) is 5.92 Å². The molecule has 22 heavy (non-hydrogen) atoms. The lowest BCUT2D eigenvalue weighted by atomic mass is 9.90. The molecule has 1 aliphatic rings. The number of carbonyl (C=O) groups excluding carboxylic acids is 1. The molecule has 4 nitrogen and oxygen atoms in total. The van der Waals surface area contributed by atoms with Gasteiger partial charge >= 0.3 is 0 Å². The summed E-state index contributed by atoms with van der Waals surface area (Å²) in [4.78, 5) is 12.4. The van der Waals surface area contributed by atoms with Crippen molar-refractivity contribution in [1.29, 1.82) is 0 Å². The molecule has 2 aromatic rings. The Morgan fingerprint density at radius 3 is 2.86 bits per heavy atom. The monoisotopic (exact) mass is 300 g/mol. The predicted molar refractivity (Wildman–Crippen MR) is 87.7 cm³/mol. The van der Waals surface area contributed by atoms with Crippen LogP contribution >= 0.6 is 0 Å². The molecule has 0 radical (unpaired) electrons. The first-order valence-electron chi connectivity index (χ1n) is 8.19. The van der Waals surface area contributed by atoms with E-state index in [1.54, 1.807) is 0 Å². The molecule has 1 aromatic carbocycles. The van der Waals surface area contributed by atoms with Crippen LogP contribution in [0.5, 0.6) is 0 Å². The molecule has 0 bridgehead atoms. The van der Waals surface area contributed by atoms with Crippen molar-refractivity contribution < 1.29 is 9.53 Å². The van der Waals surface area contributed by atoms with Gasteiger partial charge in [0.2, 0.25) is 5.91 Å². The summed E-state index contributed by atoms with van der Waals surface area (Å²) in [5.41, 5.74) is 1.11. The normalized spacial score (nSPS) is 17.5. The zero-order valence-corrected chi connectivity index (χ0v) is 13.1. The van der Waals surface area contributed by atoms with E-state index in [1.807, 2.05) is 22.9 Å². The number of amides is 1. The molecule has 1 fully saturated rings. The lowest BCUT2D eigenvalue weighted by Crippen LogP contribution is -2.43. The van der Waals surface area contributed by atoms with Gasteiger partial charge in [0.25, 0.3) is 0 Å². The van der Waals surface area contributed by atoms with Gasteiger partial charge in [-0.15, -0.1) is 0 Å². The van der Waals surface area contributed by atoms with Crippen LogP contribution in [0.15, 0.2) is 36.5 Å². The highest BCUT2D eigenvalue weighted by atomic mass is 16.5. The molecule has 1 aromatic heterocycles. The van der Waals surface area contributed by atoms with Gasteiger partial charge in [0.05, 0.1) is 0 Å². The fourth-order valence-corrected chi connectivity index (χ4v) is 3.36. The van der Waals surface area contributed by atoms with E-state index in [0.29, 0.717) is 12.5 Å². The molecule has 1 saturated heterocycles. The largest absolute Gasteiger partial charge is 0.381 e. The lowest BCUT2D eigenvalue weighted by molar-refractivity contribution is -0.123. The highest BCUT2D eigenvalue weighted by Gasteiger charge is 2.24. The molecular formula is C18H24N2O2. The van der Waals surface area contributed by atoms with Gasteiger partial charge in [-0.3, -0.25) is 4.79 Å². The molecule has 1 aliphatic heterocycles. The third kappa shape index (κ3) is 3.33. The SMILES string of the molecule is CCC(NC(=O)Cn1ccc2ccccc21)C1CCOCC1. The number of hydrogen-bond acceptors (Lipinski definition) is 2. The highest BCUT2D eigenvalue weighted by Crippen LogP contribution is 2.21. The van der Waals surface area contributed by atoms with Crippen LogP contribution in [0.1, 0.15) is 26.2 Å². The number of para-hydroxylation sites is 1. The summed E-state index contributed by atoms with van der Waals surface area (Å²) in [6.07, 6.45) is 5.05. The van der Waals surface area contributed by atoms with Gasteiger partial charge in [0.1, 0.15) is 6.54 Å². The number of ether oxygens (including phenoxy) is 1. The lowest BCUT2D eigenvalue weighted by Gasteiger charge is -2.30. The maximum Gasteiger partial charge on any atom is 0.240 e. The molecule has 2 heterocycles. The summed E-state index contributed by atoms with van der Waals surface area (Å²) in [5, 5.41) is 4.40. The van der Waals surface area contributed by atoms with Crippen LogP contribution in [0.2, 0.25) is 0 Å². The fraction of sp³-hybridized carbons (Fsp3) is 0.500. The second-order valence-corrected chi connectivity index (χ2v) is 6.03. The van der Waals surface area contributed by atoms with Crippen molar-refractivity contribution in [2.75, 3.05) is 13.2 Å². The van der Waals surface area contributed by atoms with Crippen LogP contribution in [0.3, 0.4) is 0 Å². The van der Waals surface area contributed by atoms with Crippen LogP contribution in [0.4, 0.5) is 0 Å². The second kappa shape index (κ2) is 6.97. The zero-order valence-electron chi connectivity index (χ0n) is 13.1. The molecule has 0 spiro atoms. The minimum Gasteiger partial charge on any atom is -0.381 e. The van der Waals surface area contributed by atoms with Crippen molar-refractivity contribution >= 4 is 16.8 Å². The molecule has 0 aliphatic carbocycles. The second-order valence-electron chi connectivity index (χ2n) is 6.03. The van der Waals surface area contributed by atoms with Crippen LogP contribution in [-0.2, 0) is 16.1 Å². The standard InChI is InChI=1S/C18H24N2O2/c1-2-16(14-8-11-22-12-9-14)19-18(21)13-20-10-7-15-5-3-4-6-17(15)20/h3-7,10,14,16H,2,8-9,11-13H2,1H3,(H,19,21). The number of carbonyl (C=O) groups is 1. The molecule has 118 valence electrons. The average molecular weight is 300 g/mol. The molecular weight excluding hydrogens is 276 g/mol. The van der Waals surface area contributed by atoms with E-state index in [0.717, 1.165) is 38.0 Å². The van der Waals surface area contributed by atoms with E-state index in [4.69, 9.17) is 4.74 Å². The molecule has 1 atom stereocenters. The maximum atomic E-state index is 12.4. The number of aromatic nitrogens is 1. The Balaban J connectivity index is 1.63. The number of hydrogen-bond donors (Lipinski definition) is 1. The Morgan fingerprint density at radius 1 is 1.32 bits per heavy atom. The van der Waals surface area contributed by atoms with Gasteiger partial charge in [-0.05, 0) is 42.7 Å². The fourth-order valence-electron chi connectivity index (χ4n) is 3.36. The van der Waals surface area contributed by atoms with Gasteiger partial charge < -0.3 is 14.6 Å². The first-order chi connectivity index (χ1) is 10.8. The molecule has 3 rings (SSSR count). The number of nitrogens with zero attached hydrogens (tertiary/aromatic N) is 1. The van der Waals surface area contributed by atoms with Crippen LogP contribution < -0.4 is 5.32 Å². The van der Waals surface area contributed by atoms with Gasteiger partial charge in [-0.2, -0.15) is 0 Å². The minimum atomic E-state index is 0.0969. The Hall–Kier alpha value is -1.81. The van der Waals surface area contributed by atoms with Crippen molar-refractivity contribution in [1.82, 2.24) is 9.88 Å². The minimum absolute atomic E-state index is 0.0969. The molecule has 1 unspecified atom stereocenters. The van der Waals surface area contributed by atoms with Gasteiger partial charge in [-0.1, -0.05) is 25.1 Å². The molecule has 0 saturated carbocycles. The van der Waals surface area contributed by atoms with Crippen LogP contribution in [-0.4, -0.2) is 29.7 Å². The smallest absolute Gasteiger partial charge is 0.240 e. The summed E-state index contributed by atoms with van der Waals surface area (Å²) in [6, 6.07) is 10.5. The van der Waals surface area contributed by atoms with Crippen molar-refractivity contribution in [3.05, 3.63) is 36.5 Å². The van der Waals surface area contributed by atoms with Crippen molar-refractivity contribution in [2.24, 2.45) is 5.92 Å². The van der Waals surface area contributed by atoms with E-state index in [9.17, 15) is 4.79 Å². The first kappa shape index (κ1) is 15.1. The van der Waals surface area contributed by atoms with E-state index in [-0.39, 0.29) is 11.9 Å². The molecule has 4 heteroatoms. The molecule has 1 N–H and O–H groups in total. The van der Waals surface area contributed by atoms with Gasteiger partial charge in [0, 0.05) is 31.0 Å². The summed E-state index contributed by atoms with van der Waals surface area (Å²) in [5.74, 6) is 0.642. The highest BCUT2D eigenvalue weighted by molar-refractivity contribution is 5.83. The van der Waals surface area contributed by atoms with E-state index < -0.39 is 0 Å². The van der Waals surface area contributed by atoms with Crippen molar-refractivity contribution in [2.45, 2.75) is 38.8 Å². The van der Waals surface area contributed by atoms with Crippen molar-refractivity contribution in [3.63, 3.8) is 0 Å². The maximum absolute atomic E-state index is 12.4. The number of rotatable bonds is 5. The zero-order chi connectivity index (χ0) is 15.4. The Bertz CT molecular complexity index is 629. The van der Waals surface area contributed by atoms with E-state index >= 15 is 0 Å².